The molecule has 3 aromatic carbocycles. The van der Waals surface area contributed by atoms with Gasteiger partial charge in [-0.15, -0.1) is 5.11 Å². The molecule has 0 amide bonds. The van der Waals surface area contributed by atoms with Crippen molar-refractivity contribution in [3.8, 4) is 11.1 Å². The molecule has 0 saturated carbocycles. The van der Waals surface area contributed by atoms with E-state index in [-0.39, 0.29) is 11.1 Å². The highest BCUT2D eigenvalue weighted by atomic mass is 79.9. The second-order valence-corrected chi connectivity index (χ2v) is 6.52. The van der Waals surface area contributed by atoms with E-state index in [1.807, 2.05) is 12.1 Å². The topological polar surface area (TPSA) is 99.3 Å². The molecule has 0 bridgehead atoms. The van der Waals surface area contributed by atoms with Crippen LogP contribution in [-0.2, 0) is 0 Å². The summed E-state index contributed by atoms with van der Waals surface area (Å²) in [5.41, 5.74) is 2.59. The van der Waals surface area contributed by atoms with Crippen molar-refractivity contribution in [2.45, 2.75) is 0 Å². The van der Waals surface area contributed by atoms with Crippen LogP contribution in [0.2, 0.25) is 0 Å². The number of carboxylic acid groups (broad SMARTS) is 2. The van der Waals surface area contributed by atoms with Crippen molar-refractivity contribution in [3.05, 3.63) is 82.3 Å². The predicted octanol–water partition coefficient (Wildman–Crippen LogP) is 5.93. The summed E-state index contributed by atoms with van der Waals surface area (Å²) in [6.45, 7) is 0. The van der Waals surface area contributed by atoms with Gasteiger partial charge in [0.05, 0.1) is 22.5 Å². The molecule has 0 aliphatic rings. The molecule has 134 valence electrons. The lowest BCUT2D eigenvalue weighted by Gasteiger charge is -2.07. The number of benzene rings is 3. The molecule has 0 unspecified atom stereocenters. The fourth-order valence-corrected chi connectivity index (χ4v) is 2.82. The summed E-state index contributed by atoms with van der Waals surface area (Å²) in [7, 11) is 0. The lowest BCUT2D eigenvalue weighted by Crippen LogP contribution is -1.96. The predicted molar refractivity (Wildman–Crippen MR) is 104 cm³/mol. The first-order chi connectivity index (χ1) is 12.9. The first-order valence-electron chi connectivity index (χ1n) is 7.82. The Morgan fingerprint density at radius 2 is 1.44 bits per heavy atom. The Labute approximate surface area is 163 Å². The van der Waals surface area contributed by atoms with Gasteiger partial charge >= 0.3 is 11.9 Å². The number of nitrogens with zero attached hydrogens (tertiary/aromatic N) is 2. The Morgan fingerprint density at radius 3 is 2.07 bits per heavy atom. The van der Waals surface area contributed by atoms with Crippen molar-refractivity contribution in [1.82, 2.24) is 0 Å². The molecule has 2 N–H and O–H groups in total. The first-order valence-corrected chi connectivity index (χ1v) is 8.62. The van der Waals surface area contributed by atoms with Gasteiger partial charge in [0, 0.05) is 10.0 Å². The Balaban J connectivity index is 2.05. The van der Waals surface area contributed by atoms with Gasteiger partial charge in [-0.1, -0.05) is 40.2 Å². The lowest BCUT2D eigenvalue weighted by molar-refractivity contribution is 0.0686. The molecule has 0 atom stereocenters. The average molecular weight is 425 g/mol. The average Bonchev–Trinajstić information content (AvgIpc) is 2.66. The van der Waals surface area contributed by atoms with Gasteiger partial charge in [-0.3, -0.25) is 0 Å². The van der Waals surface area contributed by atoms with E-state index in [4.69, 9.17) is 5.11 Å². The standard InChI is InChI=1S/C20H13BrN2O4/c21-15-2-1-3-16(11-15)22-23-18-10-14(20(26)27)8-9-17(18)12-4-6-13(7-5-12)19(24)25/h1-11H,(H,24,25)(H,26,27). The summed E-state index contributed by atoms with van der Waals surface area (Å²) >= 11 is 3.36. The third kappa shape index (κ3) is 4.45. The molecule has 3 aromatic rings. The van der Waals surface area contributed by atoms with Crippen LogP contribution in [-0.4, -0.2) is 22.2 Å². The van der Waals surface area contributed by atoms with E-state index in [9.17, 15) is 14.7 Å². The van der Waals surface area contributed by atoms with Crippen LogP contribution in [0.3, 0.4) is 0 Å². The van der Waals surface area contributed by atoms with E-state index < -0.39 is 11.9 Å². The molecule has 27 heavy (non-hydrogen) atoms. The number of azo groups is 1. The Bertz CT molecular complexity index is 1050. The van der Waals surface area contributed by atoms with Crippen LogP contribution in [0, 0.1) is 0 Å². The van der Waals surface area contributed by atoms with Crippen LogP contribution in [0.25, 0.3) is 11.1 Å². The summed E-state index contributed by atoms with van der Waals surface area (Å²) < 4.78 is 0.850. The van der Waals surface area contributed by atoms with E-state index in [0.717, 1.165) is 4.47 Å². The summed E-state index contributed by atoms with van der Waals surface area (Å²) in [5, 5.41) is 26.7. The maximum atomic E-state index is 11.3. The molecule has 0 saturated heterocycles. The number of rotatable bonds is 5. The second kappa shape index (κ2) is 7.92. The molecular weight excluding hydrogens is 412 g/mol. The number of hydrogen-bond donors (Lipinski definition) is 2. The zero-order valence-electron chi connectivity index (χ0n) is 13.8. The Hall–Kier alpha value is -3.32. The molecule has 0 radical (unpaired) electrons. The number of halogens is 1. The largest absolute Gasteiger partial charge is 0.478 e. The zero-order chi connectivity index (χ0) is 19.4. The first kappa shape index (κ1) is 18.5. The maximum Gasteiger partial charge on any atom is 0.335 e. The van der Waals surface area contributed by atoms with Crippen LogP contribution >= 0.6 is 15.9 Å². The SMILES string of the molecule is O=C(O)c1ccc(-c2ccc(C(=O)O)cc2N=Nc2cccc(Br)c2)cc1. The van der Waals surface area contributed by atoms with Gasteiger partial charge in [-0.05, 0) is 48.0 Å². The molecule has 7 heteroatoms. The van der Waals surface area contributed by atoms with Crippen molar-refractivity contribution in [2.24, 2.45) is 10.2 Å². The minimum absolute atomic E-state index is 0.0871. The molecule has 3 rings (SSSR count). The molecule has 0 aliphatic carbocycles. The van der Waals surface area contributed by atoms with Crippen LogP contribution in [0.5, 0.6) is 0 Å². The van der Waals surface area contributed by atoms with Crippen molar-refractivity contribution in [1.29, 1.82) is 0 Å². The molecule has 0 spiro atoms. The van der Waals surface area contributed by atoms with E-state index in [1.54, 1.807) is 30.3 Å². The maximum absolute atomic E-state index is 11.3. The highest BCUT2D eigenvalue weighted by molar-refractivity contribution is 9.10. The summed E-state index contributed by atoms with van der Waals surface area (Å²) in [6, 6.07) is 18.0. The highest BCUT2D eigenvalue weighted by Crippen LogP contribution is 2.33. The van der Waals surface area contributed by atoms with Crippen LogP contribution in [0.15, 0.2) is 81.4 Å². The number of carboxylic acids is 2. The van der Waals surface area contributed by atoms with Crippen molar-refractivity contribution >= 4 is 39.2 Å². The van der Waals surface area contributed by atoms with Crippen LogP contribution in [0.4, 0.5) is 11.4 Å². The summed E-state index contributed by atoms with van der Waals surface area (Å²) in [5.74, 6) is -2.08. The van der Waals surface area contributed by atoms with Gasteiger partial charge in [-0.25, -0.2) is 9.59 Å². The zero-order valence-corrected chi connectivity index (χ0v) is 15.4. The minimum Gasteiger partial charge on any atom is -0.478 e. The van der Waals surface area contributed by atoms with Crippen molar-refractivity contribution < 1.29 is 19.8 Å². The molecule has 0 heterocycles. The van der Waals surface area contributed by atoms with Crippen molar-refractivity contribution in [3.63, 3.8) is 0 Å². The minimum atomic E-state index is -1.07. The van der Waals surface area contributed by atoms with Crippen molar-refractivity contribution in [2.75, 3.05) is 0 Å². The fourth-order valence-electron chi connectivity index (χ4n) is 2.43. The lowest BCUT2D eigenvalue weighted by atomic mass is 10.0. The van der Waals surface area contributed by atoms with Gasteiger partial charge in [0.2, 0.25) is 0 Å². The normalized spacial score (nSPS) is 10.9. The van der Waals surface area contributed by atoms with Crippen LogP contribution < -0.4 is 0 Å². The van der Waals surface area contributed by atoms with Gasteiger partial charge in [-0.2, -0.15) is 5.11 Å². The van der Waals surface area contributed by atoms with E-state index in [1.165, 1.54) is 24.3 Å². The molecule has 6 nitrogen and oxygen atoms in total. The second-order valence-electron chi connectivity index (χ2n) is 5.60. The summed E-state index contributed by atoms with van der Waals surface area (Å²) in [4.78, 5) is 22.3. The van der Waals surface area contributed by atoms with E-state index in [2.05, 4.69) is 26.2 Å². The van der Waals surface area contributed by atoms with Gasteiger partial charge < -0.3 is 10.2 Å². The van der Waals surface area contributed by atoms with E-state index in [0.29, 0.717) is 22.5 Å². The summed E-state index contributed by atoms with van der Waals surface area (Å²) in [6.07, 6.45) is 0. The smallest absolute Gasteiger partial charge is 0.335 e. The Kier molecular flexibility index (Phi) is 5.42. The Morgan fingerprint density at radius 1 is 0.778 bits per heavy atom. The number of hydrogen-bond acceptors (Lipinski definition) is 4. The molecular formula is C20H13BrN2O4. The van der Waals surface area contributed by atoms with Gasteiger partial charge in [0.15, 0.2) is 0 Å². The van der Waals surface area contributed by atoms with E-state index >= 15 is 0 Å². The fraction of sp³-hybridized carbons (Fsp3) is 0. The number of aromatic carboxylic acids is 2. The highest BCUT2D eigenvalue weighted by Gasteiger charge is 2.11. The van der Waals surface area contributed by atoms with Gasteiger partial charge in [0.1, 0.15) is 0 Å². The third-order valence-corrected chi connectivity index (χ3v) is 4.26. The third-order valence-electron chi connectivity index (χ3n) is 3.77. The monoisotopic (exact) mass is 424 g/mol. The molecule has 0 aromatic heterocycles. The van der Waals surface area contributed by atoms with Gasteiger partial charge in [0.25, 0.3) is 0 Å². The molecule has 0 aliphatic heterocycles. The van der Waals surface area contributed by atoms with Crippen LogP contribution in [0.1, 0.15) is 20.7 Å². The number of carbonyl (C=O) groups is 2. The molecule has 0 fully saturated rings. The quantitative estimate of drug-likeness (QED) is 0.495.